The molecule has 140 valence electrons. The molecule has 0 aromatic carbocycles. The highest BCUT2D eigenvalue weighted by atomic mass is 32.1. The lowest BCUT2D eigenvalue weighted by Gasteiger charge is -2.05. The first kappa shape index (κ1) is 21.7. The summed E-state index contributed by atoms with van der Waals surface area (Å²) in [6.07, 6.45) is 17.2. The van der Waals surface area contributed by atoms with E-state index in [-0.39, 0.29) is 6.61 Å². The van der Waals surface area contributed by atoms with Crippen LogP contribution in [0, 0.1) is 12.8 Å². The monoisotopic (exact) mass is 373 g/mol. The van der Waals surface area contributed by atoms with Crippen molar-refractivity contribution >= 4 is 22.2 Å². The first-order valence-corrected chi connectivity index (χ1v) is 9.29. The summed E-state index contributed by atoms with van der Waals surface area (Å²) in [6, 6.07) is 0.345. The second-order valence-corrected chi connectivity index (χ2v) is 6.62. The Morgan fingerprint density at radius 1 is 1.31 bits per heavy atom. The van der Waals surface area contributed by atoms with Crippen molar-refractivity contribution in [2.24, 2.45) is 4.99 Å². The van der Waals surface area contributed by atoms with E-state index in [0.29, 0.717) is 25.4 Å². The predicted molar refractivity (Wildman–Crippen MR) is 111 cm³/mol. The second kappa shape index (κ2) is 12.1. The van der Waals surface area contributed by atoms with Crippen LogP contribution in [-0.2, 0) is 4.74 Å². The number of allylic oxidation sites excluding steroid dienone is 3. The molecule has 0 spiro atoms. The molecule has 0 atom stereocenters. The summed E-state index contributed by atoms with van der Waals surface area (Å²) in [7, 11) is 1.65. The maximum absolute atomic E-state index is 9.51. The Morgan fingerprint density at radius 2 is 2.08 bits per heavy atom. The van der Waals surface area contributed by atoms with E-state index in [4.69, 9.17) is 4.74 Å². The average Bonchev–Trinajstić information content (AvgIpc) is 3.08. The van der Waals surface area contributed by atoms with Crippen LogP contribution in [-0.4, -0.2) is 42.1 Å². The molecule has 2 heterocycles. The van der Waals surface area contributed by atoms with Crippen molar-refractivity contribution < 1.29 is 9.84 Å². The van der Waals surface area contributed by atoms with Crippen LogP contribution in [0.5, 0.6) is 0 Å². The van der Waals surface area contributed by atoms with Crippen LogP contribution in [0.25, 0.3) is 0 Å². The third kappa shape index (κ3) is 7.26. The molecular formula is C20H27N3O2S. The normalized spacial score (nSPS) is 20.2. The van der Waals surface area contributed by atoms with Gasteiger partial charge in [-0.25, -0.2) is 4.98 Å². The molecule has 5 nitrogen and oxygen atoms in total. The van der Waals surface area contributed by atoms with Gasteiger partial charge in [0.1, 0.15) is 5.76 Å². The highest BCUT2D eigenvalue weighted by Crippen LogP contribution is 2.19. The number of nitrogens with one attached hydrogen (secondary N) is 1. The number of methoxy groups -OCH3 is 1. The molecule has 1 aromatic rings. The zero-order valence-electron chi connectivity index (χ0n) is 15.6. The van der Waals surface area contributed by atoms with Crippen molar-refractivity contribution in [1.29, 1.82) is 0 Å². The Labute approximate surface area is 160 Å². The van der Waals surface area contributed by atoms with E-state index < -0.39 is 0 Å². The van der Waals surface area contributed by atoms with E-state index in [2.05, 4.69) is 42.0 Å². The molecule has 2 rings (SSSR count). The van der Waals surface area contributed by atoms with Gasteiger partial charge < -0.3 is 15.2 Å². The third-order valence-corrected chi connectivity index (χ3v) is 4.25. The van der Waals surface area contributed by atoms with Crippen molar-refractivity contribution in [2.45, 2.75) is 32.7 Å². The summed E-state index contributed by atoms with van der Waals surface area (Å²) in [5, 5.41) is 15.8. The molecule has 0 saturated carbocycles. The Balaban J connectivity index is 0.00000163. The van der Waals surface area contributed by atoms with Crippen LogP contribution in [0.3, 0.4) is 0 Å². The fourth-order valence-electron chi connectivity index (χ4n) is 2.21. The number of aliphatic hydroxyl groups is 1. The van der Waals surface area contributed by atoms with Gasteiger partial charge >= 0.3 is 0 Å². The summed E-state index contributed by atoms with van der Waals surface area (Å²) < 4.78 is 5.32. The third-order valence-electron chi connectivity index (χ3n) is 3.47. The zero-order valence-corrected chi connectivity index (χ0v) is 16.4. The Morgan fingerprint density at radius 3 is 2.73 bits per heavy atom. The number of aromatic nitrogens is 1. The van der Waals surface area contributed by atoms with E-state index >= 15 is 0 Å². The number of aliphatic imine (C=N–C) groups is 1. The molecule has 6 heteroatoms. The van der Waals surface area contributed by atoms with Crippen molar-refractivity contribution in [1.82, 2.24) is 4.98 Å². The van der Waals surface area contributed by atoms with E-state index in [0.717, 1.165) is 27.9 Å². The number of thiazole rings is 1. The highest BCUT2D eigenvalue weighted by Gasteiger charge is 2.09. The number of hydrogen-bond donors (Lipinski definition) is 2. The first-order valence-electron chi connectivity index (χ1n) is 8.41. The molecule has 1 aliphatic heterocycles. The van der Waals surface area contributed by atoms with Crippen molar-refractivity contribution in [3.05, 3.63) is 46.7 Å². The Hall–Kier alpha value is -2.36. The molecule has 26 heavy (non-hydrogen) atoms. The van der Waals surface area contributed by atoms with Gasteiger partial charge in [-0.1, -0.05) is 12.2 Å². The number of rotatable bonds is 5. The minimum Gasteiger partial charge on any atom is -0.497 e. The van der Waals surface area contributed by atoms with E-state index in [1.807, 2.05) is 29.7 Å². The standard InChI is InChI=1S/C18H25N3O2S.C2H2/c1-13(2)20-18-21-17(12-24-18)16-8-7-14(11-22)5-4-6-15(23-3)9-10-19-16;1-2/h4,6-7,9,12-13,22H,5,8,10-11H2,1-3H3,(H,20,21);1-2H/b6-4-,14-7+,15-9+,19-16?;. The largest absolute Gasteiger partial charge is 0.497 e. The molecule has 0 fully saturated rings. The van der Waals surface area contributed by atoms with Gasteiger partial charge in [0.2, 0.25) is 0 Å². The van der Waals surface area contributed by atoms with Crippen molar-refractivity contribution in [3.63, 3.8) is 0 Å². The number of terminal acetylenes is 1. The van der Waals surface area contributed by atoms with E-state index in [1.54, 1.807) is 18.4 Å². The maximum Gasteiger partial charge on any atom is 0.183 e. The molecule has 0 radical (unpaired) electrons. The maximum atomic E-state index is 9.51. The molecule has 0 bridgehead atoms. The van der Waals surface area contributed by atoms with Crippen LogP contribution in [0.4, 0.5) is 5.13 Å². The van der Waals surface area contributed by atoms with Gasteiger partial charge in [0.05, 0.1) is 31.7 Å². The van der Waals surface area contributed by atoms with E-state index in [1.165, 1.54) is 0 Å². The van der Waals surface area contributed by atoms with Crippen LogP contribution in [0.15, 0.2) is 46.0 Å². The lowest BCUT2D eigenvalue weighted by molar-refractivity contribution is 0.305. The number of hydrogen-bond acceptors (Lipinski definition) is 6. The van der Waals surface area contributed by atoms with Gasteiger partial charge in [-0.2, -0.15) is 0 Å². The minimum absolute atomic E-state index is 0.0425. The number of nitrogens with zero attached hydrogens (tertiary/aromatic N) is 2. The summed E-state index contributed by atoms with van der Waals surface area (Å²) in [6.45, 7) is 4.76. The summed E-state index contributed by atoms with van der Waals surface area (Å²) in [5.74, 6) is 0.776. The smallest absolute Gasteiger partial charge is 0.183 e. The Kier molecular flexibility index (Phi) is 10.1. The average molecular weight is 374 g/mol. The Bertz CT molecular complexity index is 697. The van der Waals surface area contributed by atoms with Crippen LogP contribution >= 0.6 is 11.3 Å². The summed E-state index contributed by atoms with van der Waals surface area (Å²) >= 11 is 1.58. The predicted octanol–water partition coefficient (Wildman–Crippen LogP) is 3.80. The second-order valence-electron chi connectivity index (χ2n) is 5.77. The first-order chi connectivity index (χ1) is 12.6. The quantitative estimate of drug-likeness (QED) is 0.608. The summed E-state index contributed by atoms with van der Waals surface area (Å²) in [5.41, 5.74) is 2.77. The van der Waals surface area contributed by atoms with Gasteiger partial charge in [-0.05, 0) is 38.0 Å². The lowest BCUT2D eigenvalue weighted by Crippen LogP contribution is -2.10. The molecule has 1 aromatic heterocycles. The number of anilines is 1. The number of ether oxygens (including phenoxy) is 1. The van der Waals surface area contributed by atoms with Gasteiger partial charge in [0.25, 0.3) is 0 Å². The molecule has 0 aliphatic carbocycles. The molecule has 0 saturated heterocycles. The topological polar surface area (TPSA) is 66.7 Å². The molecule has 1 aliphatic rings. The van der Waals surface area contributed by atoms with Crippen LogP contribution in [0.1, 0.15) is 32.4 Å². The van der Waals surface area contributed by atoms with E-state index in [9.17, 15) is 5.11 Å². The zero-order chi connectivity index (χ0) is 19.4. The minimum atomic E-state index is 0.0425. The summed E-state index contributed by atoms with van der Waals surface area (Å²) in [4.78, 5) is 9.30. The fourth-order valence-corrected chi connectivity index (χ4v) is 3.08. The van der Waals surface area contributed by atoms with Crippen molar-refractivity contribution in [2.75, 3.05) is 25.6 Å². The van der Waals surface area contributed by atoms with Gasteiger partial charge in [0, 0.05) is 17.8 Å². The molecule has 0 amide bonds. The number of aliphatic hydroxyl groups excluding tert-OH is 1. The fraction of sp³-hybridized carbons (Fsp3) is 0.400. The van der Waals surface area contributed by atoms with Crippen molar-refractivity contribution in [3.8, 4) is 12.8 Å². The van der Waals surface area contributed by atoms with Crippen LogP contribution < -0.4 is 5.32 Å². The van der Waals surface area contributed by atoms with Gasteiger partial charge in [-0.15, -0.1) is 24.2 Å². The lowest BCUT2D eigenvalue weighted by atomic mass is 10.1. The molecule has 0 unspecified atom stereocenters. The van der Waals surface area contributed by atoms with Gasteiger partial charge in [0.15, 0.2) is 5.13 Å². The van der Waals surface area contributed by atoms with Gasteiger partial charge in [-0.3, -0.25) is 4.99 Å². The molecular weight excluding hydrogens is 346 g/mol. The highest BCUT2D eigenvalue weighted by molar-refractivity contribution is 7.13. The van der Waals surface area contributed by atoms with Crippen LogP contribution in [0.2, 0.25) is 0 Å². The SMILES string of the molecule is C#C.COC1=C/CN=C(c2csc(NC(C)C)n2)C/C=C(/CO)C/C=C\1. The molecule has 2 N–H and O–H groups in total.